The lowest BCUT2D eigenvalue weighted by atomic mass is 9.68. The summed E-state index contributed by atoms with van der Waals surface area (Å²) in [5.41, 5.74) is 9.68. The summed E-state index contributed by atoms with van der Waals surface area (Å²) in [4.78, 5) is 0. The van der Waals surface area contributed by atoms with E-state index in [2.05, 4.69) is 89.9 Å². The number of aryl methyl sites for hydroxylation is 3. The third-order valence-electron chi connectivity index (χ3n) is 7.28. The quantitative estimate of drug-likeness (QED) is 0.457. The molecule has 0 aliphatic heterocycles. The zero-order chi connectivity index (χ0) is 24.6. The number of nitrogens with one attached hydrogen (secondary N) is 1. The lowest BCUT2D eigenvalue weighted by Crippen LogP contribution is -2.28. The summed E-state index contributed by atoms with van der Waals surface area (Å²) in [6.45, 7) is 17.8. The van der Waals surface area contributed by atoms with Gasteiger partial charge < -0.3 is 14.8 Å². The molecule has 0 spiro atoms. The molecule has 3 nitrogen and oxygen atoms in total. The number of anilines is 1. The summed E-state index contributed by atoms with van der Waals surface area (Å²) in [5, 5.41) is 3.50. The molecule has 2 aliphatic rings. The van der Waals surface area contributed by atoms with Crippen LogP contribution in [-0.2, 0) is 18.3 Å². The van der Waals surface area contributed by atoms with Gasteiger partial charge in [0.1, 0.15) is 17.3 Å². The molecule has 1 atom stereocenters. The zero-order valence-corrected chi connectivity index (χ0v) is 21.9. The summed E-state index contributed by atoms with van der Waals surface area (Å²) in [6.07, 6.45) is 8.24. The van der Waals surface area contributed by atoms with E-state index < -0.39 is 0 Å². The molecule has 0 amide bonds. The molecule has 0 aromatic heterocycles. The molecule has 2 aromatic rings. The second-order valence-corrected chi connectivity index (χ2v) is 10.7. The number of ether oxygens (including phenoxy) is 2. The standard InChI is InChI=1S/C31H39NO2/c1-9-23-13-21(4)30(29(15-23)33-8)32-22(5)24-10-11-26(16-24)34-28-17-27-25(14-20(28)3)12-19(2)18-31(27,6)7/h10-11,13-15,17,19,32H,5,9,12,16,18H2,1-4,6-8H3. The van der Waals surface area contributed by atoms with E-state index in [4.69, 9.17) is 9.47 Å². The van der Waals surface area contributed by atoms with Crippen LogP contribution in [0.5, 0.6) is 11.5 Å². The van der Waals surface area contributed by atoms with E-state index in [0.717, 1.165) is 65.0 Å². The molecular formula is C31H39NO2. The fraction of sp³-hybridized carbons (Fsp3) is 0.419. The van der Waals surface area contributed by atoms with Crippen LogP contribution in [0, 0.1) is 19.8 Å². The first-order valence-electron chi connectivity index (χ1n) is 12.5. The maximum absolute atomic E-state index is 6.44. The molecule has 2 aliphatic carbocycles. The van der Waals surface area contributed by atoms with Crippen LogP contribution in [0.15, 0.2) is 60.0 Å². The van der Waals surface area contributed by atoms with Crippen LogP contribution in [0.25, 0.3) is 0 Å². The Bertz CT molecular complexity index is 1180. The zero-order valence-electron chi connectivity index (χ0n) is 21.9. The Morgan fingerprint density at radius 3 is 2.56 bits per heavy atom. The van der Waals surface area contributed by atoms with Gasteiger partial charge in [-0.15, -0.1) is 0 Å². The molecule has 1 N–H and O–H groups in total. The Kier molecular flexibility index (Phi) is 6.66. The van der Waals surface area contributed by atoms with Crippen LogP contribution >= 0.6 is 0 Å². The van der Waals surface area contributed by atoms with Gasteiger partial charge in [-0.05, 0) is 96.0 Å². The van der Waals surface area contributed by atoms with Gasteiger partial charge in [0.25, 0.3) is 0 Å². The van der Waals surface area contributed by atoms with Crippen LogP contribution in [0.4, 0.5) is 5.69 Å². The van der Waals surface area contributed by atoms with Crippen LogP contribution in [-0.4, -0.2) is 7.11 Å². The van der Waals surface area contributed by atoms with Crippen molar-refractivity contribution in [1.29, 1.82) is 0 Å². The second kappa shape index (κ2) is 9.37. The van der Waals surface area contributed by atoms with Crippen LogP contribution in [0.3, 0.4) is 0 Å². The van der Waals surface area contributed by atoms with Crippen molar-refractivity contribution in [3.05, 3.63) is 87.8 Å². The van der Waals surface area contributed by atoms with Crippen molar-refractivity contribution in [2.24, 2.45) is 5.92 Å². The van der Waals surface area contributed by atoms with Crippen LogP contribution < -0.4 is 14.8 Å². The highest BCUT2D eigenvalue weighted by molar-refractivity contribution is 5.67. The fourth-order valence-corrected chi connectivity index (χ4v) is 5.59. The average Bonchev–Trinajstić information content (AvgIpc) is 3.24. The minimum absolute atomic E-state index is 0.175. The van der Waals surface area contributed by atoms with Gasteiger partial charge in [0.05, 0.1) is 12.8 Å². The first kappa shape index (κ1) is 24.2. The Morgan fingerprint density at radius 2 is 1.85 bits per heavy atom. The SMILES string of the molecule is C=C(Nc1c(C)cc(CC)cc1OC)C1=CC=C(Oc2cc3c(cc2C)CC(C)CC3(C)C)C1. The molecule has 0 radical (unpaired) electrons. The molecular weight excluding hydrogens is 418 g/mol. The predicted octanol–water partition coefficient (Wildman–Crippen LogP) is 7.95. The monoisotopic (exact) mass is 457 g/mol. The molecule has 0 saturated carbocycles. The topological polar surface area (TPSA) is 30.5 Å². The van der Waals surface area contributed by atoms with E-state index in [1.807, 2.05) is 0 Å². The first-order chi connectivity index (χ1) is 16.1. The van der Waals surface area contributed by atoms with Gasteiger partial charge in [0.15, 0.2) is 0 Å². The largest absolute Gasteiger partial charge is 0.495 e. The molecule has 4 rings (SSSR count). The Labute approximate surface area is 205 Å². The molecule has 0 heterocycles. The summed E-state index contributed by atoms with van der Waals surface area (Å²) in [6, 6.07) is 8.92. The van der Waals surface area contributed by atoms with Gasteiger partial charge in [-0.2, -0.15) is 0 Å². The van der Waals surface area contributed by atoms with Gasteiger partial charge in [0, 0.05) is 12.1 Å². The van der Waals surface area contributed by atoms with Crippen molar-refractivity contribution in [3.8, 4) is 11.5 Å². The van der Waals surface area contributed by atoms with Crippen molar-refractivity contribution in [2.45, 2.75) is 72.6 Å². The molecule has 0 bridgehead atoms. The van der Waals surface area contributed by atoms with Gasteiger partial charge in [0.2, 0.25) is 0 Å². The minimum Gasteiger partial charge on any atom is -0.495 e. The summed E-state index contributed by atoms with van der Waals surface area (Å²) >= 11 is 0. The van der Waals surface area contributed by atoms with Crippen molar-refractivity contribution < 1.29 is 9.47 Å². The smallest absolute Gasteiger partial charge is 0.142 e. The van der Waals surface area contributed by atoms with Gasteiger partial charge in [-0.1, -0.05) is 52.5 Å². The maximum atomic E-state index is 6.44. The third-order valence-corrected chi connectivity index (χ3v) is 7.28. The molecule has 2 aromatic carbocycles. The molecule has 34 heavy (non-hydrogen) atoms. The van der Waals surface area contributed by atoms with Crippen molar-refractivity contribution in [1.82, 2.24) is 0 Å². The van der Waals surface area contributed by atoms with Crippen molar-refractivity contribution >= 4 is 5.69 Å². The Balaban J connectivity index is 1.46. The normalized spacial score (nSPS) is 18.6. The first-order valence-corrected chi connectivity index (χ1v) is 12.5. The number of benzene rings is 2. The highest BCUT2D eigenvalue weighted by Crippen LogP contribution is 2.43. The molecule has 180 valence electrons. The van der Waals surface area contributed by atoms with Crippen molar-refractivity contribution in [2.75, 3.05) is 12.4 Å². The Hall–Kier alpha value is -2.94. The minimum atomic E-state index is 0.175. The van der Waals surface area contributed by atoms with E-state index >= 15 is 0 Å². The van der Waals surface area contributed by atoms with E-state index in [0.29, 0.717) is 0 Å². The summed E-state index contributed by atoms with van der Waals surface area (Å²) in [7, 11) is 1.72. The number of hydrogen-bond acceptors (Lipinski definition) is 3. The lowest BCUT2D eigenvalue weighted by Gasteiger charge is -2.37. The van der Waals surface area contributed by atoms with Crippen LogP contribution in [0.1, 0.15) is 68.4 Å². The van der Waals surface area contributed by atoms with Crippen molar-refractivity contribution in [3.63, 3.8) is 0 Å². The van der Waals surface area contributed by atoms with E-state index in [1.165, 1.54) is 28.7 Å². The maximum Gasteiger partial charge on any atom is 0.142 e. The van der Waals surface area contributed by atoms with Crippen LogP contribution in [0.2, 0.25) is 0 Å². The van der Waals surface area contributed by atoms with E-state index in [9.17, 15) is 0 Å². The number of allylic oxidation sites excluding steroid dienone is 4. The molecule has 3 heteroatoms. The average molecular weight is 458 g/mol. The number of rotatable bonds is 7. The van der Waals surface area contributed by atoms with Gasteiger partial charge >= 0.3 is 0 Å². The molecule has 0 saturated heterocycles. The third kappa shape index (κ3) is 4.80. The van der Waals surface area contributed by atoms with E-state index in [1.54, 1.807) is 7.11 Å². The van der Waals surface area contributed by atoms with Gasteiger partial charge in [-0.3, -0.25) is 0 Å². The molecule has 0 fully saturated rings. The Morgan fingerprint density at radius 1 is 1.09 bits per heavy atom. The summed E-state index contributed by atoms with van der Waals surface area (Å²) < 4.78 is 12.1. The number of hydrogen-bond donors (Lipinski definition) is 1. The van der Waals surface area contributed by atoms with E-state index in [-0.39, 0.29) is 5.41 Å². The van der Waals surface area contributed by atoms with Gasteiger partial charge in [-0.25, -0.2) is 0 Å². The molecule has 1 unspecified atom stereocenters. The number of methoxy groups -OCH3 is 1. The predicted molar refractivity (Wildman–Crippen MR) is 143 cm³/mol. The highest BCUT2D eigenvalue weighted by atomic mass is 16.5. The second-order valence-electron chi connectivity index (χ2n) is 10.7. The summed E-state index contributed by atoms with van der Waals surface area (Å²) in [5.74, 6) is 3.49. The fourth-order valence-electron chi connectivity index (χ4n) is 5.59. The lowest BCUT2D eigenvalue weighted by molar-refractivity contribution is 0.344. The number of fused-ring (bicyclic) bond motifs is 1. The highest BCUT2D eigenvalue weighted by Gasteiger charge is 2.32.